The predicted octanol–water partition coefficient (Wildman–Crippen LogP) is -0.215. The number of nitrogens with zero attached hydrogens (tertiary/aromatic N) is 1. The molecule has 1 saturated carbocycles. The third-order valence-corrected chi connectivity index (χ3v) is 5.20. The molecule has 4 N–H and O–H groups in total. The average molecular weight is 277 g/mol. The molecule has 0 heterocycles. The first-order chi connectivity index (χ1) is 8.47. The third kappa shape index (κ3) is 4.55. The smallest absolute Gasteiger partial charge is 0.232 e. The van der Waals surface area contributed by atoms with Crippen molar-refractivity contribution in [3.05, 3.63) is 0 Å². The first kappa shape index (κ1) is 15.4. The summed E-state index contributed by atoms with van der Waals surface area (Å²) in [4.78, 5) is 11.0. The largest absolute Gasteiger partial charge is 0.369 e. The van der Waals surface area contributed by atoms with Crippen LogP contribution in [0.2, 0.25) is 0 Å². The Labute approximate surface area is 109 Å². The maximum absolute atomic E-state index is 12.2. The highest BCUT2D eigenvalue weighted by molar-refractivity contribution is 7.89. The predicted molar refractivity (Wildman–Crippen MR) is 70.2 cm³/mol. The minimum absolute atomic E-state index is 0.0496. The van der Waals surface area contributed by atoms with Gasteiger partial charge in [-0.3, -0.25) is 4.79 Å². The van der Waals surface area contributed by atoms with E-state index in [1.54, 1.807) is 0 Å². The lowest BCUT2D eigenvalue weighted by atomic mass is 10.2. The number of nitrogens with two attached hydrogens (primary N) is 2. The second-order valence-electron chi connectivity index (χ2n) is 4.76. The van der Waals surface area contributed by atoms with E-state index < -0.39 is 15.9 Å². The monoisotopic (exact) mass is 277 g/mol. The first-order valence-electron chi connectivity index (χ1n) is 6.45. The van der Waals surface area contributed by atoms with E-state index >= 15 is 0 Å². The van der Waals surface area contributed by atoms with Crippen LogP contribution in [0.5, 0.6) is 0 Å². The number of hydrogen-bond donors (Lipinski definition) is 2. The van der Waals surface area contributed by atoms with Gasteiger partial charge in [-0.15, -0.1) is 0 Å². The summed E-state index contributed by atoms with van der Waals surface area (Å²) in [5.74, 6) is -0.544. The molecule has 0 radical (unpaired) electrons. The Morgan fingerprint density at radius 2 is 1.83 bits per heavy atom. The van der Waals surface area contributed by atoms with Crippen molar-refractivity contribution in [2.45, 2.75) is 44.6 Å². The van der Waals surface area contributed by atoms with E-state index in [-0.39, 0.29) is 18.3 Å². The molecular formula is C11H23N3O3S. The standard InChI is InChI=1S/C11H23N3O3S/c12-7-3-4-8-18(16,17)14(9-11(13)15)10-5-1-2-6-10/h10H,1-9,12H2,(H2,13,15). The van der Waals surface area contributed by atoms with E-state index in [4.69, 9.17) is 11.5 Å². The number of hydrogen-bond acceptors (Lipinski definition) is 4. The van der Waals surface area contributed by atoms with Crippen LogP contribution in [-0.4, -0.2) is 43.5 Å². The van der Waals surface area contributed by atoms with Crippen molar-refractivity contribution in [2.24, 2.45) is 11.5 Å². The molecule has 0 aromatic carbocycles. The number of carbonyl (C=O) groups excluding carboxylic acids is 1. The molecule has 1 aliphatic rings. The lowest BCUT2D eigenvalue weighted by Gasteiger charge is -2.26. The zero-order valence-corrected chi connectivity index (χ0v) is 11.5. The van der Waals surface area contributed by atoms with E-state index in [9.17, 15) is 13.2 Å². The molecule has 7 heteroatoms. The Morgan fingerprint density at radius 1 is 1.22 bits per heavy atom. The van der Waals surface area contributed by atoms with Crippen LogP contribution in [0.25, 0.3) is 0 Å². The molecular weight excluding hydrogens is 254 g/mol. The summed E-state index contributed by atoms with van der Waals surface area (Å²) in [6, 6.07) is -0.0552. The SMILES string of the molecule is NCCCCS(=O)(=O)N(CC(N)=O)C1CCCC1. The third-order valence-electron chi connectivity index (χ3n) is 3.26. The Balaban J connectivity index is 2.70. The number of rotatable bonds is 8. The molecule has 6 nitrogen and oxygen atoms in total. The normalized spacial score (nSPS) is 17.4. The van der Waals surface area contributed by atoms with Gasteiger partial charge >= 0.3 is 0 Å². The molecule has 0 bridgehead atoms. The van der Waals surface area contributed by atoms with Crippen LogP contribution in [0, 0.1) is 0 Å². The molecule has 0 saturated heterocycles. The zero-order chi connectivity index (χ0) is 13.6. The fourth-order valence-corrected chi connectivity index (χ4v) is 4.14. The molecule has 0 aromatic rings. The van der Waals surface area contributed by atoms with Crippen molar-refractivity contribution >= 4 is 15.9 Å². The van der Waals surface area contributed by atoms with Crippen LogP contribution in [0.3, 0.4) is 0 Å². The summed E-state index contributed by atoms with van der Waals surface area (Å²) in [5.41, 5.74) is 10.5. The van der Waals surface area contributed by atoms with Gasteiger partial charge in [0.2, 0.25) is 15.9 Å². The highest BCUT2D eigenvalue weighted by Gasteiger charge is 2.32. The lowest BCUT2D eigenvalue weighted by Crippen LogP contribution is -2.45. The molecule has 1 rings (SSSR count). The van der Waals surface area contributed by atoms with Gasteiger partial charge in [0.25, 0.3) is 0 Å². The number of carbonyl (C=O) groups is 1. The minimum atomic E-state index is -3.40. The van der Waals surface area contributed by atoms with Gasteiger partial charge in [-0.05, 0) is 32.2 Å². The van der Waals surface area contributed by atoms with Crippen LogP contribution in [0.15, 0.2) is 0 Å². The summed E-state index contributed by atoms with van der Waals surface area (Å²) in [5, 5.41) is 0. The number of primary amides is 1. The van der Waals surface area contributed by atoms with E-state index in [1.165, 1.54) is 4.31 Å². The van der Waals surface area contributed by atoms with Crippen molar-refractivity contribution in [2.75, 3.05) is 18.8 Å². The number of unbranched alkanes of at least 4 members (excludes halogenated alkanes) is 1. The molecule has 1 amide bonds. The molecule has 0 aromatic heterocycles. The summed E-state index contributed by atoms with van der Waals surface area (Å²) >= 11 is 0. The Kier molecular flexibility index (Phi) is 6.04. The van der Waals surface area contributed by atoms with E-state index in [0.29, 0.717) is 19.4 Å². The van der Waals surface area contributed by atoms with Gasteiger partial charge in [0.15, 0.2) is 0 Å². The van der Waals surface area contributed by atoms with Crippen LogP contribution in [0.1, 0.15) is 38.5 Å². The Bertz CT molecular complexity index is 364. The highest BCUT2D eigenvalue weighted by Crippen LogP contribution is 2.25. The molecule has 106 valence electrons. The van der Waals surface area contributed by atoms with E-state index in [2.05, 4.69) is 0 Å². The molecule has 0 spiro atoms. The molecule has 18 heavy (non-hydrogen) atoms. The highest BCUT2D eigenvalue weighted by atomic mass is 32.2. The van der Waals surface area contributed by atoms with Crippen LogP contribution < -0.4 is 11.5 Å². The second-order valence-corrected chi connectivity index (χ2v) is 6.80. The maximum atomic E-state index is 12.2. The number of sulfonamides is 1. The second kappa shape index (κ2) is 7.06. The first-order valence-corrected chi connectivity index (χ1v) is 8.06. The topological polar surface area (TPSA) is 106 Å². The van der Waals surface area contributed by atoms with Gasteiger partial charge in [-0.25, -0.2) is 8.42 Å². The summed E-state index contributed by atoms with van der Waals surface area (Å²) < 4.78 is 25.7. The fourth-order valence-electron chi connectivity index (χ4n) is 2.35. The van der Waals surface area contributed by atoms with Crippen molar-refractivity contribution in [1.82, 2.24) is 4.31 Å². The molecule has 0 aliphatic heterocycles. The summed E-state index contributed by atoms with van der Waals surface area (Å²) in [6.45, 7) is 0.282. The zero-order valence-electron chi connectivity index (χ0n) is 10.7. The number of amides is 1. The average Bonchev–Trinajstić information content (AvgIpc) is 2.78. The van der Waals surface area contributed by atoms with E-state index in [0.717, 1.165) is 25.7 Å². The minimum Gasteiger partial charge on any atom is -0.369 e. The van der Waals surface area contributed by atoms with Gasteiger partial charge in [-0.1, -0.05) is 12.8 Å². The molecule has 0 unspecified atom stereocenters. The van der Waals surface area contributed by atoms with Gasteiger partial charge in [-0.2, -0.15) is 4.31 Å². The van der Waals surface area contributed by atoms with E-state index in [1.807, 2.05) is 0 Å². The fraction of sp³-hybridized carbons (Fsp3) is 0.909. The Hall–Kier alpha value is -0.660. The van der Waals surface area contributed by atoms with Gasteiger partial charge in [0.05, 0.1) is 12.3 Å². The molecule has 1 fully saturated rings. The van der Waals surface area contributed by atoms with Crippen molar-refractivity contribution < 1.29 is 13.2 Å². The maximum Gasteiger partial charge on any atom is 0.232 e. The van der Waals surface area contributed by atoms with Crippen LogP contribution in [0.4, 0.5) is 0 Å². The van der Waals surface area contributed by atoms with Crippen LogP contribution >= 0.6 is 0 Å². The van der Waals surface area contributed by atoms with Gasteiger partial charge in [0, 0.05) is 6.04 Å². The van der Waals surface area contributed by atoms with Crippen molar-refractivity contribution in [3.8, 4) is 0 Å². The van der Waals surface area contributed by atoms with Crippen molar-refractivity contribution in [3.63, 3.8) is 0 Å². The Morgan fingerprint density at radius 3 is 2.33 bits per heavy atom. The lowest BCUT2D eigenvalue weighted by molar-refractivity contribution is -0.118. The summed E-state index contributed by atoms with van der Waals surface area (Å²) in [7, 11) is -3.40. The van der Waals surface area contributed by atoms with Gasteiger partial charge < -0.3 is 11.5 Å². The summed E-state index contributed by atoms with van der Waals surface area (Å²) in [6.07, 6.45) is 4.87. The molecule has 0 atom stereocenters. The molecule has 1 aliphatic carbocycles. The van der Waals surface area contributed by atoms with Gasteiger partial charge in [0.1, 0.15) is 0 Å². The van der Waals surface area contributed by atoms with Crippen molar-refractivity contribution in [1.29, 1.82) is 0 Å². The quantitative estimate of drug-likeness (QED) is 0.598. The van der Waals surface area contributed by atoms with Crippen LogP contribution in [-0.2, 0) is 14.8 Å².